The van der Waals surface area contributed by atoms with Gasteiger partial charge in [0.1, 0.15) is 5.82 Å². The lowest BCUT2D eigenvalue weighted by Gasteiger charge is -2.13. The normalized spacial score (nSPS) is 12.1. The SMILES string of the molecule is Cc1cnnc(NCC(C)c2ccccc2)c1. The first-order chi connectivity index (χ1) is 8.25. The molecule has 1 aromatic heterocycles. The van der Waals surface area contributed by atoms with Crippen molar-refractivity contribution in [3.05, 3.63) is 53.7 Å². The molecule has 1 aromatic carbocycles. The van der Waals surface area contributed by atoms with Gasteiger partial charge in [0, 0.05) is 6.54 Å². The number of rotatable bonds is 4. The van der Waals surface area contributed by atoms with Crippen LogP contribution in [-0.2, 0) is 0 Å². The second kappa shape index (κ2) is 5.43. The molecular weight excluding hydrogens is 210 g/mol. The highest BCUT2D eigenvalue weighted by Crippen LogP contribution is 2.15. The van der Waals surface area contributed by atoms with Gasteiger partial charge in [0.15, 0.2) is 0 Å². The van der Waals surface area contributed by atoms with Crippen molar-refractivity contribution in [1.29, 1.82) is 0 Å². The molecule has 1 unspecified atom stereocenters. The maximum absolute atomic E-state index is 4.04. The smallest absolute Gasteiger partial charge is 0.148 e. The first-order valence-electron chi connectivity index (χ1n) is 5.84. The van der Waals surface area contributed by atoms with Crippen LogP contribution in [0.4, 0.5) is 5.82 Å². The van der Waals surface area contributed by atoms with E-state index in [1.807, 2.05) is 19.1 Å². The molecule has 0 saturated heterocycles. The van der Waals surface area contributed by atoms with E-state index in [9.17, 15) is 0 Å². The number of hydrogen-bond donors (Lipinski definition) is 1. The third-order valence-electron chi connectivity index (χ3n) is 2.75. The molecule has 88 valence electrons. The monoisotopic (exact) mass is 227 g/mol. The Labute approximate surface area is 102 Å². The molecule has 0 radical (unpaired) electrons. The van der Waals surface area contributed by atoms with Crippen LogP contribution in [0.1, 0.15) is 24.0 Å². The summed E-state index contributed by atoms with van der Waals surface area (Å²) in [5.41, 5.74) is 2.45. The van der Waals surface area contributed by atoms with E-state index in [2.05, 4.69) is 46.7 Å². The van der Waals surface area contributed by atoms with Crippen molar-refractivity contribution in [1.82, 2.24) is 10.2 Å². The molecule has 0 amide bonds. The fourth-order valence-corrected chi connectivity index (χ4v) is 1.71. The van der Waals surface area contributed by atoms with E-state index in [1.165, 1.54) is 5.56 Å². The fourth-order valence-electron chi connectivity index (χ4n) is 1.71. The summed E-state index contributed by atoms with van der Waals surface area (Å²) in [6, 6.07) is 12.5. The van der Waals surface area contributed by atoms with Gasteiger partial charge in [0.05, 0.1) is 6.20 Å². The van der Waals surface area contributed by atoms with E-state index in [0.717, 1.165) is 17.9 Å². The van der Waals surface area contributed by atoms with Gasteiger partial charge in [0.25, 0.3) is 0 Å². The number of aryl methyl sites for hydroxylation is 1. The van der Waals surface area contributed by atoms with Gasteiger partial charge in [-0.25, -0.2) is 0 Å². The molecule has 1 N–H and O–H groups in total. The quantitative estimate of drug-likeness (QED) is 0.872. The lowest BCUT2D eigenvalue weighted by atomic mass is 10.0. The summed E-state index contributed by atoms with van der Waals surface area (Å²) in [5.74, 6) is 1.30. The summed E-state index contributed by atoms with van der Waals surface area (Å²) in [5, 5.41) is 11.3. The van der Waals surface area contributed by atoms with Gasteiger partial charge in [-0.15, -0.1) is 5.10 Å². The first kappa shape index (κ1) is 11.6. The number of aromatic nitrogens is 2. The number of benzene rings is 1. The van der Waals surface area contributed by atoms with Crippen LogP contribution >= 0.6 is 0 Å². The molecule has 2 aromatic rings. The first-order valence-corrected chi connectivity index (χ1v) is 5.84. The molecule has 0 spiro atoms. The Balaban J connectivity index is 1.95. The molecule has 0 aliphatic rings. The van der Waals surface area contributed by atoms with E-state index in [0.29, 0.717) is 5.92 Å². The summed E-state index contributed by atoms with van der Waals surface area (Å²) in [4.78, 5) is 0. The largest absolute Gasteiger partial charge is 0.368 e. The van der Waals surface area contributed by atoms with E-state index in [4.69, 9.17) is 0 Å². The number of anilines is 1. The van der Waals surface area contributed by atoms with Gasteiger partial charge in [-0.2, -0.15) is 5.10 Å². The molecule has 17 heavy (non-hydrogen) atoms. The van der Waals surface area contributed by atoms with E-state index in [1.54, 1.807) is 6.20 Å². The summed E-state index contributed by atoms with van der Waals surface area (Å²) in [6.45, 7) is 5.08. The third kappa shape index (κ3) is 3.28. The molecule has 3 nitrogen and oxygen atoms in total. The molecule has 0 bridgehead atoms. The molecule has 0 aliphatic heterocycles. The summed E-state index contributed by atoms with van der Waals surface area (Å²) in [7, 11) is 0. The molecule has 2 rings (SSSR count). The molecule has 3 heteroatoms. The Kier molecular flexibility index (Phi) is 3.70. The van der Waals surface area contributed by atoms with Gasteiger partial charge in [-0.05, 0) is 30.0 Å². The van der Waals surface area contributed by atoms with E-state index in [-0.39, 0.29) is 0 Å². The molecule has 1 heterocycles. The van der Waals surface area contributed by atoms with Gasteiger partial charge in [0.2, 0.25) is 0 Å². The van der Waals surface area contributed by atoms with Crippen LogP contribution in [0.2, 0.25) is 0 Å². The minimum atomic E-state index is 0.457. The van der Waals surface area contributed by atoms with Crippen LogP contribution < -0.4 is 5.32 Å². The van der Waals surface area contributed by atoms with Crippen LogP contribution in [0.5, 0.6) is 0 Å². The zero-order valence-corrected chi connectivity index (χ0v) is 10.2. The maximum atomic E-state index is 4.04. The van der Waals surface area contributed by atoms with Crippen LogP contribution in [-0.4, -0.2) is 16.7 Å². The van der Waals surface area contributed by atoms with Gasteiger partial charge < -0.3 is 5.32 Å². The predicted octanol–water partition coefficient (Wildman–Crippen LogP) is 3.00. The topological polar surface area (TPSA) is 37.8 Å². The highest BCUT2D eigenvalue weighted by atomic mass is 15.2. The Bertz CT molecular complexity index is 468. The van der Waals surface area contributed by atoms with Gasteiger partial charge >= 0.3 is 0 Å². The van der Waals surface area contributed by atoms with Crippen molar-refractivity contribution in [2.24, 2.45) is 0 Å². The lowest BCUT2D eigenvalue weighted by molar-refractivity contribution is 0.797. The van der Waals surface area contributed by atoms with Crippen LogP contribution in [0.25, 0.3) is 0 Å². The summed E-state index contributed by atoms with van der Waals surface area (Å²) >= 11 is 0. The summed E-state index contributed by atoms with van der Waals surface area (Å²) in [6.07, 6.45) is 1.76. The van der Waals surface area contributed by atoms with Crippen molar-refractivity contribution in [3.8, 4) is 0 Å². The standard InChI is InChI=1S/C14H17N3/c1-11-8-14(17-16-9-11)15-10-12(2)13-6-4-3-5-7-13/h3-9,12H,10H2,1-2H3,(H,15,17). The molecule has 0 aliphatic carbocycles. The molecule has 0 fully saturated rings. The predicted molar refractivity (Wildman–Crippen MR) is 70.1 cm³/mol. The van der Waals surface area contributed by atoms with Gasteiger partial charge in [-0.1, -0.05) is 37.3 Å². The highest BCUT2D eigenvalue weighted by Gasteiger charge is 2.04. The van der Waals surface area contributed by atoms with Gasteiger partial charge in [-0.3, -0.25) is 0 Å². The highest BCUT2D eigenvalue weighted by molar-refractivity contribution is 5.36. The van der Waals surface area contributed by atoms with Crippen molar-refractivity contribution in [2.75, 3.05) is 11.9 Å². The fraction of sp³-hybridized carbons (Fsp3) is 0.286. The Hall–Kier alpha value is -1.90. The molecular formula is C14H17N3. The zero-order chi connectivity index (χ0) is 12.1. The average molecular weight is 227 g/mol. The second-order valence-corrected chi connectivity index (χ2v) is 4.31. The Morgan fingerprint density at radius 2 is 2.00 bits per heavy atom. The number of nitrogens with one attached hydrogen (secondary N) is 1. The van der Waals surface area contributed by atoms with E-state index >= 15 is 0 Å². The molecule has 0 saturated carbocycles. The van der Waals surface area contributed by atoms with Crippen molar-refractivity contribution in [2.45, 2.75) is 19.8 Å². The van der Waals surface area contributed by atoms with Crippen molar-refractivity contribution >= 4 is 5.82 Å². The summed E-state index contributed by atoms with van der Waals surface area (Å²) < 4.78 is 0. The zero-order valence-electron chi connectivity index (χ0n) is 10.2. The Morgan fingerprint density at radius 1 is 1.24 bits per heavy atom. The second-order valence-electron chi connectivity index (χ2n) is 4.31. The number of nitrogens with zero attached hydrogens (tertiary/aromatic N) is 2. The van der Waals surface area contributed by atoms with Crippen LogP contribution in [0.15, 0.2) is 42.6 Å². The minimum absolute atomic E-state index is 0.457. The van der Waals surface area contributed by atoms with Crippen molar-refractivity contribution in [3.63, 3.8) is 0 Å². The van der Waals surface area contributed by atoms with Crippen LogP contribution in [0, 0.1) is 6.92 Å². The third-order valence-corrected chi connectivity index (χ3v) is 2.75. The average Bonchev–Trinajstić information content (AvgIpc) is 2.37. The maximum Gasteiger partial charge on any atom is 0.148 e. The number of hydrogen-bond acceptors (Lipinski definition) is 3. The lowest BCUT2D eigenvalue weighted by Crippen LogP contribution is -2.11. The Morgan fingerprint density at radius 3 is 2.71 bits per heavy atom. The van der Waals surface area contributed by atoms with Crippen LogP contribution in [0.3, 0.4) is 0 Å². The molecule has 1 atom stereocenters. The minimum Gasteiger partial charge on any atom is -0.368 e. The van der Waals surface area contributed by atoms with E-state index < -0.39 is 0 Å². The van der Waals surface area contributed by atoms with Crippen molar-refractivity contribution < 1.29 is 0 Å².